The number of aryl methyl sites for hydroxylation is 2. The molecule has 136 valence electrons. The molecule has 0 saturated carbocycles. The van der Waals surface area contributed by atoms with Crippen molar-refractivity contribution < 1.29 is 9.32 Å². The van der Waals surface area contributed by atoms with E-state index in [1.165, 1.54) is 0 Å². The second-order valence-corrected chi connectivity index (χ2v) is 5.95. The minimum Gasteiger partial charge on any atom is -0.367 e. The van der Waals surface area contributed by atoms with E-state index in [9.17, 15) is 4.79 Å². The smallest absolute Gasteiger partial charge is 0.220 e. The number of amides is 1. The monoisotopic (exact) mass is 354 g/mol. The van der Waals surface area contributed by atoms with Crippen LogP contribution >= 0.6 is 0 Å². The molecule has 2 N–H and O–H groups in total. The van der Waals surface area contributed by atoms with Gasteiger partial charge in [0.05, 0.1) is 5.69 Å². The predicted molar refractivity (Wildman–Crippen MR) is 97.2 cm³/mol. The van der Waals surface area contributed by atoms with E-state index in [-0.39, 0.29) is 5.91 Å². The summed E-state index contributed by atoms with van der Waals surface area (Å²) < 4.78 is 6.99. The lowest BCUT2D eigenvalue weighted by atomic mass is 10.1. The molecule has 3 aromatic rings. The molecule has 0 spiro atoms. The highest BCUT2D eigenvalue weighted by Gasteiger charge is 2.10. The van der Waals surface area contributed by atoms with Crippen molar-refractivity contribution in [2.45, 2.75) is 26.7 Å². The summed E-state index contributed by atoms with van der Waals surface area (Å²) in [6.45, 7) is 4.84. The summed E-state index contributed by atoms with van der Waals surface area (Å²) in [5.74, 6) is 2.21. The molecule has 0 fully saturated rings. The Hall–Kier alpha value is -3.16. The third-order valence-corrected chi connectivity index (χ3v) is 4.06. The molecule has 8 heteroatoms. The van der Waals surface area contributed by atoms with E-state index in [4.69, 9.17) is 4.52 Å². The maximum atomic E-state index is 11.9. The Labute approximate surface area is 151 Å². The molecule has 0 saturated heterocycles. The quantitative estimate of drug-likeness (QED) is 0.601. The molecule has 8 nitrogen and oxygen atoms in total. The molecule has 0 aliphatic carbocycles. The molecule has 3 rings (SSSR count). The van der Waals surface area contributed by atoms with Crippen molar-refractivity contribution in [1.82, 2.24) is 25.2 Å². The van der Waals surface area contributed by atoms with Crippen LogP contribution in [0.5, 0.6) is 0 Å². The third kappa shape index (κ3) is 4.47. The van der Waals surface area contributed by atoms with E-state index in [2.05, 4.69) is 26.0 Å². The van der Waals surface area contributed by atoms with Crippen LogP contribution in [0.2, 0.25) is 0 Å². The van der Waals surface area contributed by atoms with Gasteiger partial charge in [-0.05, 0) is 44.5 Å². The van der Waals surface area contributed by atoms with Gasteiger partial charge >= 0.3 is 0 Å². The van der Waals surface area contributed by atoms with Crippen molar-refractivity contribution in [1.29, 1.82) is 0 Å². The second kappa shape index (κ2) is 8.28. The minimum atomic E-state index is 0.000778. The van der Waals surface area contributed by atoms with Gasteiger partial charge in [-0.15, -0.1) is 10.2 Å². The van der Waals surface area contributed by atoms with Crippen molar-refractivity contribution in [3.8, 4) is 5.82 Å². The van der Waals surface area contributed by atoms with E-state index in [1.807, 2.05) is 55.1 Å². The Morgan fingerprint density at radius 1 is 1.15 bits per heavy atom. The molecule has 0 radical (unpaired) electrons. The molecule has 3 heterocycles. The molecular weight excluding hydrogens is 332 g/mol. The summed E-state index contributed by atoms with van der Waals surface area (Å²) in [4.78, 5) is 11.9. The first-order valence-electron chi connectivity index (χ1n) is 8.53. The van der Waals surface area contributed by atoms with Crippen LogP contribution in [0.3, 0.4) is 0 Å². The topological polar surface area (TPSA) is 97.9 Å². The van der Waals surface area contributed by atoms with Gasteiger partial charge in [0.25, 0.3) is 0 Å². The van der Waals surface area contributed by atoms with Crippen LogP contribution < -0.4 is 10.6 Å². The van der Waals surface area contributed by atoms with Crippen LogP contribution in [0.4, 0.5) is 5.82 Å². The van der Waals surface area contributed by atoms with Gasteiger partial charge in [0.2, 0.25) is 5.91 Å². The summed E-state index contributed by atoms with van der Waals surface area (Å²) in [5, 5.41) is 18.2. The van der Waals surface area contributed by atoms with E-state index >= 15 is 0 Å². The Morgan fingerprint density at radius 2 is 1.96 bits per heavy atom. The fourth-order valence-electron chi connectivity index (χ4n) is 2.62. The normalized spacial score (nSPS) is 10.7. The first kappa shape index (κ1) is 17.7. The highest BCUT2D eigenvalue weighted by Crippen LogP contribution is 2.14. The summed E-state index contributed by atoms with van der Waals surface area (Å²) in [6, 6.07) is 7.61. The number of carbonyl (C=O) groups is 1. The number of anilines is 1. The number of carbonyl (C=O) groups excluding carboxylic acids is 1. The summed E-state index contributed by atoms with van der Waals surface area (Å²) in [6.07, 6.45) is 4.87. The molecule has 0 unspecified atom stereocenters. The zero-order valence-corrected chi connectivity index (χ0v) is 14.9. The number of aromatic nitrogens is 4. The Bertz CT molecular complexity index is 820. The fraction of sp³-hybridized carbons (Fsp3) is 0.333. The molecule has 3 aromatic heterocycles. The molecular formula is C18H22N6O2. The number of hydrogen-bond donors (Lipinski definition) is 2. The Balaban J connectivity index is 1.36. The van der Waals surface area contributed by atoms with E-state index in [0.717, 1.165) is 22.8 Å². The number of rotatable bonds is 8. The van der Waals surface area contributed by atoms with Gasteiger partial charge in [0.15, 0.2) is 5.82 Å². The largest absolute Gasteiger partial charge is 0.367 e. The van der Waals surface area contributed by atoms with E-state index in [1.54, 1.807) is 0 Å². The molecule has 0 bridgehead atoms. The van der Waals surface area contributed by atoms with Gasteiger partial charge in [-0.2, -0.15) is 0 Å². The third-order valence-electron chi connectivity index (χ3n) is 4.06. The molecule has 0 aromatic carbocycles. The average Bonchev–Trinajstić information content (AvgIpc) is 3.28. The van der Waals surface area contributed by atoms with Crippen molar-refractivity contribution in [3.63, 3.8) is 0 Å². The summed E-state index contributed by atoms with van der Waals surface area (Å²) >= 11 is 0. The number of nitrogens with one attached hydrogen (secondary N) is 2. The lowest BCUT2D eigenvalue weighted by Gasteiger charge is -2.08. The van der Waals surface area contributed by atoms with Gasteiger partial charge in [-0.1, -0.05) is 5.16 Å². The molecule has 1 amide bonds. The van der Waals surface area contributed by atoms with Gasteiger partial charge < -0.3 is 19.7 Å². The van der Waals surface area contributed by atoms with Gasteiger partial charge in [-0.3, -0.25) is 4.79 Å². The average molecular weight is 354 g/mol. The molecule has 0 aliphatic rings. The van der Waals surface area contributed by atoms with Crippen LogP contribution in [0, 0.1) is 13.8 Å². The van der Waals surface area contributed by atoms with Crippen molar-refractivity contribution >= 4 is 11.7 Å². The first-order valence-corrected chi connectivity index (χ1v) is 8.53. The van der Waals surface area contributed by atoms with Crippen molar-refractivity contribution in [2.75, 3.05) is 18.4 Å². The number of hydrogen-bond acceptors (Lipinski definition) is 6. The van der Waals surface area contributed by atoms with E-state index < -0.39 is 0 Å². The van der Waals surface area contributed by atoms with Crippen LogP contribution in [-0.4, -0.2) is 38.9 Å². The van der Waals surface area contributed by atoms with Gasteiger partial charge in [-0.25, -0.2) is 0 Å². The molecule has 0 aliphatic heterocycles. The fourth-order valence-corrected chi connectivity index (χ4v) is 2.62. The minimum absolute atomic E-state index is 0.000778. The Kier molecular flexibility index (Phi) is 5.62. The second-order valence-electron chi connectivity index (χ2n) is 5.95. The maximum absolute atomic E-state index is 11.9. The highest BCUT2D eigenvalue weighted by atomic mass is 16.5. The zero-order chi connectivity index (χ0) is 18.4. The van der Waals surface area contributed by atoms with Crippen LogP contribution in [0.25, 0.3) is 5.82 Å². The Morgan fingerprint density at radius 3 is 2.62 bits per heavy atom. The summed E-state index contributed by atoms with van der Waals surface area (Å²) in [7, 11) is 0. The van der Waals surface area contributed by atoms with Crippen LogP contribution in [0.15, 0.2) is 41.2 Å². The van der Waals surface area contributed by atoms with Gasteiger partial charge in [0.1, 0.15) is 11.6 Å². The highest BCUT2D eigenvalue weighted by molar-refractivity contribution is 5.76. The SMILES string of the molecule is Cc1noc(C)c1CCC(=O)NCCNc1ccc(-n2cccc2)nn1. The molecule has 26 heavy (non-hydrogen) atoms. The van der Waals surface area contributed by atoms with Crippen molar-refractivity contribution in [2.24, 2.45) is 0 Å². The predicted octanol–water partition coefficient (Wildman–Crippen LogP) is 2.03. The lowest BCUT2D eigenvalue weighted by molar-refractivity contribution is -0.120. The van der Waals surface area contributed by atoms with Crippen molar-refractivity contribution in [3.05, 3.63) is 53.7 Å². The lowest BCUT2D eigenvalue weighted by Crippen LogP contribution is -2.29. The van der Waals surface area contributed by atoms with Crippen LogP contribution in [0.1, 0.15) is 23.4 Å². The summed E-state index contributed by atoms with van der Waals surface area (Å²) in [5.41, 5.74) is 1.86. The van der Waals surface area contributed by atoms with Gasteiger partial charge in [0, 0.05) is 37.5 Å². The standard InChI is InChI=1S/C18H22N6O2/c1-13-15(14(2)26-23-13)5-8-18(25)20-10-9-19-16-6-7-17(22-21-16)24-11-3-4-12-24/h3-4,6-7,11-12H,5,8-10H2,1-2H3,(H,19,21)(H,20,25). The number of nitrogens with zero attached hydrogens (tertiary/aromatic N) is 4. The first-order chi connectivity index (χ1) is 12.6. The zero-order valence-electron chi connectivity index (χ0n) is 14.9. The molecule has 0 atom stereocenters. The van der Waals surface area contributed by atoms with E-state index in [0.29, 0.717) is 31.7 Å². The maximum Gasteiger partial charge on any atom is 0.220 e. The van der Waals surface area contributed by atoms with Crippen LogP contribution in [-0.2, 0) is 11.2 Å².